The molecule has 158 valence electrons. The topological polar surface area (TPSA) is 95.2 Å². The number of anilines is 1. The minimum absolute atomic E-state index is 0.177. The minimum Gasteiger partial charge on any atom is -0.493 e. The van der Waals surface area contributed by atoms with Crippen molar-refractivity contribution in [1.82, 2.24) is 14.1 Å². The van der Waals surface area contributed by atoms with Gasteiger partial charge in [-0.05, 0) is 36.2 Å². The molecule has 1 amide bonds. The Morgan fingerprint density at radius 2 is 1.84 bits per heavy atom. The van der Waals surface area contributed by atoms with Crippen LogP contribution in [0, 0.1) is 6.92 Å². The van der Waals surface area contributed by atoms with Gasteiger partial charge in [0.2, 0.25) is 0 Å². The third kappa shape index (κ3) is 3.26. The molecule has 2 aromatic heterocycles. The Balaban J connectivity index is 1.95. The van der Waals surface area contributed by atoms with E-state index in [0.29, 0.717) is 29.2 Å². The fraction of sp³-hybridized carbons (Fsp3) is 0.217. The summed E-state index contributed by atoms with van der Waals surface area (Å²) in [5.74, 6) is 0.0433. The zero-order valence-corrected chi connectivity index (χ0v) is 17.7. The average molecular weight is 418 g/mol. The van der Waals surface area contributed by atoms with Crippen LogP contribution >= 0.6 is 0 Å². The summed E-state index contributed by atoms with van der Waals surface area (Å²) >= 11 is 0. The van der Waals surface area contributed by atoms with Crippen LogP contribution < -0.4 is 21.3 Å². The zero-order valence-electron chi connectivity index (χ0n) is 17.7. The molecule has 0 unspecified atom stereocenters. The number of amides is 1. The number of ether oxygens (including phenoxy) is 1. The molecule has 2 aromatic carbocycles. The maximum Gasteiger partial charge on any atom is 0.332 e. The molecule has 0 aliphatic carbocycles. The van der Waals surface area contributed by atoms with Gasteiger partial charge in [0, 0.05) is 20.3 Å². The lowest BCUT2D eigenvalue weighted by Gasteiger charge is -2.16. The van der Waals surface area contributed by atoms with E-state index in [9.17, 15) is 14.4 Å². The standard InChI is InChI=1S/C23H22N4O4/c1-5-31-16-11-10-14-8-6-7-9-15(14)17(16)21(28)25-19-13(2)12-24-20-18(19)22(29)27(4)23(30)26(20)3/h6-12H,5H2,1-4H3,(H,24,25,28). The summed E-state index contributed by atoms with van der Waals surface area (Å²) < 4.78 is 8.00. The van der Waals surface area contributed by atoms with Crippen LogP contribution in [0.5, 0.6) is 5.75 Å². The van der Waals surface area contributed by atoms with E-state index >= 15 is 0 Å². The first-order valence-corrected chi connectivity index (χ1v) is 9.86. The number of fused-ring (bicyclic) bond motifs is 2. The second kappa shape index (κ2) is 7.71. The summed E-state index contributed by atoms with van der Waals surface area (Å²) in [6.07, 6.45) is 1.53. The molecule has 31 heavy (non-hydrogen) atoms. The molecule has 0 saturated heterocycles. The van der Waals surface area contributed by atoms with E-state index in [4.69, 9.17) is 4.74 Å². The number of carbonyl (C=O) groups excluding carboxylic acids is 1. The highest BCUT2D eigenvalue weighted by Gasteiger charge is 2.21. The lowest BCUT2D eigenvalue weighted by Crippen LogP contribution is -2.37. The molecule has 4 aromatic rings. The summed E-state index contributed by atoms with van der Waals surface area (Å²) in [5, 5.41) is 4.70. The molecule has 0 aliphatic rings. The summed E-state index contributed by atoms with van der Waals surface area (Å²) in [4.78, 5) is 42.9. The van der Waals surface area contributed by atoms with Crippen molar-refractivity contribution in [3.63, 3.8) is 0 Å². The summed E-state index contributed by atoms with van der Waals surface area (Å²) in [6, 6.07) is 11.2. The first-order valence-electron chi connectivity index (χ1n) is 9.86. The summed E-state index contributed by atoms with van der Waals surface area (Å²) in [7, 11) is 2.94. The number of aromatic nitrogens is 3. The van der Waals surface area contributed by atoms with Crippen molar-refractivity contribution < 1.29 is 9.53 Å². The smallest absolute Gasteiger partial charge is 0.332 e. The molecule has 0 fully saturated rings. The van der Waals surface area contributed by atoms with E-state index in [0.717, 1.165) is 15.3 Å². The van der Waals surface area contributed by atoms with Crippen LogP contribution in [0.1, 0.15) is 22.8 Å². The molecule has 0 spiro atoms. The molecule has 8 nitrogen and oxygen atoms in total. The first-order chi connectivity index (χ1) is 14.8. The molecular weight excluding hydrogens is 396 g/mol. The molecule has 0 saturated carbocycles. The van der Waals surface area contributed by atoms with Crippen LogP contribution in [0.2, 0.25) is 0 Å². The highest BCUT2D eigenvalue weighted by molar-refractivity contribution is 6.17. The van der Waals surface area contributed by atoms with Gasteiger partial charge >= 0.3 is 5.69 Å². The lowest BCUT2D eigenvalue weighted by atomic mass is 10.0. The van der Waals surface area contributed by atoms with E-state index in [1.807, 2.05) is 37.3 Å². The van der Waals surface area contributed by atoms with Crippen molar-refractivity contribution >= 4 is 33.4 Å². The van der Waals surface area contributed by atoms with Crippen LogP contribution in [0.15, 0.2) is 52.2 Å². The van der Waals surface area contributed by atoms with Crippen molar-refractivity contribution in [3.8, 4) is 5.75 Å². The number of carbonyl (C=O) groups is 1. The fourth-order valence-electron chi connectivity index (χ4n) is 3.72. The number of aryl methyl sites for hydroxylation is 2. The van der Waals surface area contributed by atoms with Gasteiger partial charge in [0.25, 0.3) is 11.5 Å². The first kappa shape index (κ1) is 20.3. The Kier molecular flexibility index (Phi) is 5.06. The van der Waals surface area contributed by atoms with Crippen molar-refractivity contribution in [1.29, 1.82) is 0 Å². The van der Waals surface area contributed by atoms with E-state index in [2.05, 4.69) is 10.3 Å². The Morgan fingerprint density at radius 3 is 2.58 bits per heavy atom. The number of rotatable bonds is 4. The van der Waals surface area contributed by atoms with Gasteiger partial charge in [0.05, 0.1) is 17.9 Å². The minimum atomic E-state index is -0.521. The number of nitrogens with zero attached hydrogens (tertiary/aromatic N) is 3. The maximum atomic E-state index is 13.5. The van der Waals surface area contributed by atoms with Crippen LogP contribution in [-0.2, 0) is 14.1 Å². The largest absolute Gasteiger partial charge is 0.493 e. The molecule has 2 heterocycles. The van der Waals surface area contributed by atoms with Gasteiger partial charge in [-0.25, -0.2) is 9.78 Å². The number of benzene rings is 2. The van der Waals surface area contributed by atoms with Crippen LogP contribution in [0.25, 0.3) is 21.8 Å². The molecule has 0 aliphatic heterocycles. The average Bonchev–Trinajstić information content (AvgIpc) is 2.77. The van der Waals surface area contributed by atoms with Gasteiger partial charge in [0.15, 0.2) is 5.65 Å². The van der Waals surface area contributed by atoms with Gasteiger partial charge in [-0.3, -0.25) is 18.7 Å². The molecule has 1 N–H and O–H groups in total. The molecule has 8 heteroatoms. The molecule has 0 atom stereocenters. The van der Waals surface area contributed by atoms with E-state index < -0.39 is 17.2 Å². The van der Waals surface area contributed by atoms with Crippen molar-refractivity contribution in [2.45, 2.75) is 13.8 Å². The van der Waals surface area contributed by atoms with E-state index in [1.54, 1.807) is 13.0 Å². The Labute approximate surface area is 177 Å². The predicted octanol–water partition coefficient (Wildman–Crippen LogP) is 2.74. The fourth-order valence-corrected chi connectivity index (χ4v) is 3.72. The van der Waals surface area contributed by atoms with Crippen molar-refractivity contribution in [3.05, 3.63) is 74.6 Å². The third-order valence-electron chi connectivity index (χ3n) is 5.31. The zero-order chi connectivity index (χ0) is 22.3. The third-order valence-corrected chi connectivity index (χ3v) is 5.31. The second-order valence-electron chi connectivity index (χ2n) is 7.27. The molecule has 4 rings (SSSR count). The van der Waals surface area contributed by atoms with E-state index in [-0.39, 0.29) is 11.0 Å². The summed E-state index contributed by atoms with van der Waals surface area (Å²) in [5.41, 5.74) is 0.505. The number of hydrogen-bond acceptors (Lipinski definition) is 5. The summed E-state index contributed by atoms with van der Waals surface area (Å²) in [6.45, 7) is 4.00. The van der Waals surface area contributed by atoms with Gasteiger partial charge in [-0.2, -0.15) is 0 Å². The van der Waals surface area contributed by atoms with Crippen molar-refractivity contribution in [2.24, 2.45) is 14.1 Å². The Bertz CT molecular complexity index is 1470. The van der Waals surface area contributed by atoms with Crippen LogP contribution in [-0.4, -0.2) is 26.6 Å². The van der Waals surface area contributed by atoms with Gasteiger partial charge < -0.3 is 10.1 Å². The monoisotopic (exact) mass is 418 g/mol. The molecule has 0 bridgehead atoms. The Hall–Kier alpha value is -3.94. The Morgan fingerprint density at radius 1 is 1.10 bits per heavy atom. The molecular formula is C23H22N4O4. The number of hydrogen-bond donors (Lipinski definition) is 1. The SMILES string of the molecule is CCOc1ccc2ccccc2c1C(=O)Nc1c(C)cnc2c1c(=O)n(C)c(=O)n2C. The number of pyridine rings is 1. The van der Waals surface area contributed by atoms with Crippen molar-refractivity contribution in [2.75, 3.05) is 11.9 Å². The molecule has 0 radical (unpaired) electrons. The van der Waals surface area contributed by atoms with Crippen LogP contribution in [0.4, 0.5) is 5.69 Å². The predicted molar refractivity (Wildman–Crippen MR) is 120 cm³/mol. The van der Waals surface area contributed by atoms with E-state index in [1.165, 1.54) is 24.9 Å². The van der Waals surface area contributed by atoms with Gasteiger partial charge in [-0.1, -0.05) is 30.3 Å². The van der Waals surface area contributed by atoms with Crippen LogP contribution in [0.3, 0.4) is 0 Å². The van der Waals surface area contributed by atoms with Gasteiger partial charge in [-0.15, -0.1) is 0 Å². The number of nitrogens with one attached hydrogen (secondary N) is 1. The highest BCUT2D eigenvalue weighted by atomic mass is 16.5. The normalized spacial score (nSPS) is 11.1. The van der Waals surface area contributed by atoms with Gasteiger partial charge in [0.1, 0.15) is 11.1 Å². The second-order valence-corrected chi connectivity index (χ2v) is 7.27. The lowest BCUT2D eigenvalue weighted by molar-refractivity contribution is 0.102. The maximum absolute atomic E-state index is 13.5. The quantitative estimate of drug-likeness (QED) is 0.550. The highest BCUT2D eigenvalue weighted by Crippen LogP contribution is 2.30.